The fourth-order valence-corrected chi connectivity index (χ4v) is 5.86. The molecule has 4 aromatic rings. The van der Waals surface area contributed by atoms with E-state index in [1.807, 2.05) is 0 Å². The van der Waals surface area contributed by atoms with Gasteiger partial charge in [0.25, 0.3) is 11.1 Å². The van der Waals surface area contributed by atoms with E-state index < -0.39 is 105 Å². The number of nitrogens with two attached hydrogens (primary N) is 2. The molecule has 24 nitrogen and oxygen atoms in total. The fraction of sp³-hybridized carbons (Fsp3) is 0.615. The van der Waals surface area contributed by atoms with E-state index in [1.54, 1.807) is 0 Å². The molecule has 12 atom stereocenters. The molecule has 0 radical (unpaired) electrons. The molecule has 0 aromatic carbocycles. The van der Waals surface area contributed by atoms with Gasteiger partial charge in [-0.1, -0.05) is 0 Å². The van der Waals surface area contributed by atoms with Crippen molar-refractivity contribution < 1.29 is 59.8 Å². The van der Waals surface area contributed by atoms with Crippen molar-refractivity contribution in [2.45, 2.75) is 73.7 Å². The quantitative estimate of drug-likeness (QED) is 0.0847. The number of hydrogen-bond donors (Lipinski definition) is 11. The first-order valence-corrected chi connectivity index (χ1v) is 15.1. The summed E-state index contributed by atoms with van der Waals surface area (Å²) in [4.78, 5) is 42.3. The summed E-state index contributed by atoms with van der Waals surface area (Å²) in [6.45, 7) is -1.54. The zero-order chi connectivity index (χ0) is 36.2. The van der Waals surface area contributed by atoms with Crippen molar-refractivity contribution in [3.63, 3.8) is 0 Å². The highest BCUT2D eigenvalue weighted by atomic mass is 16.7. The van der Waals surface area contributed by atoms with Crippen LogP contribution < -0.4 is 22.6 Å². The molecule has 0 amide bonds. The van der Waals surface area contributed by atoms with Crippen LogP contribution in [-0.4, -0.2) is 161 Å². The Bertz CT molecular complexity index is 1950. The molecule has 7 heterocycles. The Morgan fingerprint density at radius 1 is 0.760 bits per heavy atom. The molecule has 50 heavy (non-hydrogen) atoms. The number of aliphatic hydroxyl groups is 8. The Labute approximate surface area is 278 Å². The van der Waals surface area contributed by atoms with Crippen LogP contribution in [0.4, 0.5) is 11.9 Å². The van der Waals surface area contributed by atoms with Gasteiger partial charge in [0.05, 0.1) is 32.5 Å². The van der Waals surface area contributed by atoms with Gasteiger partial charge in [0.15, 0.2) is 41.1 Å². The predicted molar refractivity (Wildman–Crippen MR) is 162 cm³/mol. The van der Waals surface area contributed by atoms with Crippen LogP contribution >= 0.6 is 0 Å². The fourth-order valence-electron chi connectivity index (χ4n) is 5.86. The van der Waals surface area contributed by atoms with E-state index in [2.05, 4.69) is 24.9 Å². The lowest BCUT2D eigenvalue weighted by molar-refractivity contribution is -0.219. The second-order valence-electron chi connectivity index (χ2n) is 11.7. The summed E-state index contributed by atoms with van der Waals surface area (Å²) in [5, 5.41) is 78.1. The molecule has 3 saturated heterocycles. The van der Waals surface area contributed by atoms with Crippen molar-refractivity contribution in [3.8, 4) is 0 Å². The van der Waals surface area contributed by atoms with Gasteiger partial charge in [0.2, 0.25) is 11.9 Å². The maximum absolute atomic E-state index is 12.0. The van der Waals surface area contributed by atoms with Crippen LogP contribution in [0.1, 0.15) is 12.5 Å². The number of aliphatic hydroxyl groups excluding tert-OH is 8. The van der Waals surface area contributed by atoms with Crippen LogP contribution in [0.3, 0.4) is 0 Å². The van der Waals surface area contributed by atoms with Crippen LogP contribution in [-0.2, 0) is 26.0 Å². The number of H-pyrrole nitrogens is 1. The lowest BCUT2D eigenvalue weighted by Gasteiger charge is -2.26. The van der Waals surface area contributed by atoms with Crippen LogP contribution in [0.2, 0.25) is 0 Å². The SMILES string of the molecule is Cn1c(N)nc2c(ncn2[C@@H]2O[C@H](CO)[C@@H](O)[C@H]2O)c1=O.Nc1nc2c(ncn2[C@@H]2O[C@H](CO)[C@H](O)[C@H]2OC2O[C@H](CO)[C@@H](O)[C@H]2O)c(=O)[nH]1. The number of ether oxygens (including phenoxy) is 4. The van der Waals surface area contributed by atoms with Crippen molar-refractivity contribution in [3.05, 3.63) is 33.4 Å². The summed E-state index contributed by atoms with van der Waals surface area (Å²) >= 11 is 0. The number of fused-ring (bicyclic) bond motifs is 2. The van der Waals surface area contributed by atoms with Gasteiger partial charge in [0, 0.05) is 7.05 Å². The molecule has 0 bridgehead atoms. The molecule has 7 rings (SSSR count). The third-order valence-electron chi connectivity index (χ3n) is 8.64. The van der Waals surface area contributed by atoms with E-state index in [0.29, 0.717) is 0 Å². The molecular weight excluding hydrogens is 676 g/mol. The number of imidazole rings is 2. The van der Waals surface area contributed by atoms with Crippen molar-refractivity contribution in [2.75, 3.05) is 31.3 Å². The first kappa shape index (κ1) is 35.6. The van der Waals surface area contributed by atoms with Crippen LogP contribution in [0.25, 0.3) is 22.3 Å². The molecule has 3 aliphatic rings. The first-order valence-electron chi connectivity index (χ1n) is 15.1. The summed E-state index contributed by atoms with van der Waals surface area (Å²) in [5.41, 5.74) is 10.5. The van der Waals surface area contributed by atoms with E-state index in [1.165, 1.54) is 28.8 Å². The van der Waals surface area contributed by atoms with Crippen molar-refractivity contribution in [1.82, 2.24) is 38.6 Å². The largest absolute Gasteiger partial charge is 0.394 e. The van der Waals surface area contributed by atoms with Gasteiger partial charge in [-0.2, -0.15) is 9.97 Å². The normalized spacial score (nSPS) is 34.1. The van der Waals surface area contributed by atoms with E-state index in [0.717, 1.165) is 4.57 Å². The minimum atomic E-state index is -1.50. The molecule has 4 aromatic heterocycles. The first-order chi connectivity index (χ1) is 23.8. The third kappa shape index (κ3) is 5.99. The Kier molecular flexibility index (Phi) is 9.87. The maximum atomic E-state index is 12.0. The second-order valence-corrected chi connectivity index (χ2v) is 11.7. The number of nitrogen functional groups attached to an aromatic ring is 2. The summed E-state index contributed by atoms with van der Waals surface area (Å²) in [6, 6.07) is 0. The van der Waals surface area contributed by atoms with Gasteiger partial charge in [-0.05, 0) is 0 Å². The highest BCUT2D eigenvalue weighted by molar-refractivity contribution is 5.71. The molecule has 24 heteroatoms. The Hall–Kier alpha value is -4.18. The van der Waals surface area contributed by atoms with Gasteiger partial charge in [-0.25, -0.2) is 9.97 Å². The van der Waals surface area contributed by atoms with Crippen LogP contribution in [0.5, 0.6) is 0 Å². The lowest BCUT2D eigenvalue weighted by atomic mass is 10.1. The number of nitrogens with zero attached hydrogens (tertiary/aromatic N) is 7. The Morgan fingerprint density at radius 2 is 1.30 bits per heavy atom. The van der Waals surface area contributed by atoms with Crippen LogP contribution in [0.15, 0.2) is 22.2 Å². The Balaban J connectivity index is 0.000000182. The molecule has 274 valence electrons. The highest BCUT2D eigenvalue weighted by Gasteiger charge is 2.51. The summed E-state index contributed by atoms with van der Waals surface area (Å²) in [6.07, 6.45) is -12.1. The molecule has 3 aliphatic heterocycles. The molecule has 0 spiro atoms. The van der Waals surface area contributed by atoms with Crippen molar-refractivity contribution in [1.29, 1.82) is 0 Å². The number of aromatic nitrogens is 8. The Morgan fingerprint density at radius 3 is 1.92 bits per heavy atom. The predicted octanol–water partition coefficient (Wildman–Crippen LogP) is -6.90. The number of aromatic amines is 1. The number of rotatable bonds is 7. The maximum Gasteiger partial charge on any atom is 0.282 e. The minimum Gasteiger partial charge on any atom is -0.394 e. The molecule has 0 aliphatic carbocycles. The minimum absolute atomic E-state index is 0.0130. The number of hydrogen-bond acceptors (Lipinski definition) is 20. The number of anilines is 2. The molecule has 3 fully saturated rings. The standard InChI is InChI=1S/C15H21N5O9.C11H15N5O5/c16-15-18-11-6(12(26)19-15)17-3-20(11)13-10(8(24)5(2-22)27-13)29-14-9(25)7(23)4(1-21)28-14;1-15-9(20)5-8(14-11(15)12)16(3-13-5)10-7(19)6(18)4(2-17)21-10/h3-5,7-10,13-14,21-25H,1-2H2,(H3,16,18,19,26);3-4,6-7,10,17-19H,2H2,1H3,(H2,12,14)/t4-,5-,7-,8+,9-,10-,13-,14?;4-,6-,7-,10-/m11/s1. The molecular formula is C26H36N10O14. The highest BCUT2D eigenvalue weighted by Crippen LogP contribution is 2.36. The third-order valence-corrected chi connectivity index (χ3v) is 8.64. The van der Waals surface area contributed by atoms with E-state index in [4.69, 9.17) is 35.5 Å². The van der Waals surface area contributed by atoms with Gasteiger partial charge < -0.3 is 71.3 Å². The van der Waals surface area contributed by atoms with E-state index >= 15 is 0 Å². The van der Waals surface area contributed by atoms with Gasteiger partial charge in [-0.15, -0.1) is 0 Å². The molecule has 0 saturated carbocycles. The van der Waals surface area contributed by atoms with E-state index in [9.17, 15) is 45.3 Å². The topological polar surface area (TPSA) is 367 Å². The van der Waals surface area contributed by atoms with Gasteiger partial charge >= 0.3 is 0 Å². The summed E-state index contributed by atoms with van der Waals surface area (Å²) < 4.78 is 25.7. The average Bonchev–Trinajstić information content (AvgIpc) is 3.89. The summed E-state index contributed by atoms with van der Waals surface area (Å²) in [5.74, 6) is -0.177. The van der Waals surface area contributed by atoms with Crippen LogP contribution in [0, 0.1) is 0 Å². The number of nitrogens with one attached hydrogen (secondary N) is 1. The van der Waals surface area contributed by atoms with Crippen molar-refractivity contribution in [2.24, 2.45) is 7.05 Å². The molecule has 1 unspecified atom stereocenters. The van der Waals surface area contributed by atoms with Gasteiger partial charge in [0.1, 0.15) is 54.9 Å². The smallest absolute Gasteiger partial charge is 0.282 e. The second kappa shape index (κ2) is 13.9. The summed E-state index contributed by atoms with van der Waals surface area (Å²) in [7, 11) is 1.47. The zero-order valence-corrected chi connectivity index (χ0v) is 26.0. The van der Waals surface area contributed by atoms with Gasteiger partial charge in [-0.3, -0.25) is 28.3 Å². The van der Waals surface area contributed by atoms with E-state index in [-0.39, 0.29) is 34.2 Å². The molecule has 13 N–H and O–H groups in total. The van der Waals surface area contributed by atoms with Crippen molar-refractivity contribution >= 4 is 34.2 Å². The lowest BCUT2D eigenvalue weighted by Crippen LogP contribution is -2.42. The average molecular weight is 713 g/mol. The monoisotopic (exact) mass is 712 g/mol. The zero-order valence-electron chi connectivity index (χ0n) is 26.0.